The molecule has 0 bridgehead atoms. The molecule has 1 atom stereocenters. The lowest BCUT2D eigenvalue weighted by Gasteiger charge is -2.20. The number of amides is 2. The number of thioether (sulfide) groups is 1. The van der Waals surface area contributed by atoms with Crippen molar-refractivity contribution >= 4 is 34.5 Å². The van der Waals surface area contributed by atoms with Gasteiger partial charge < -0.3 is 11.1 Å². The van der Waals surface area contributed by atoms with Crippen LogP contribution in [0.3, 0.4) is 0 Å². The second kappa shape index (κ2) is 8.71. The summed E-state index contributed by atoms with van der Waals surface area (Å²) in [6.07, 6.45) is 0. The van der Waals surface area contributed by atoms with Crippen LogP contribution in [0, 0.1) is 0 Å². The molecule has 0 unspecified atom stereocenters. The number of carbonyl (C=O) groups is 2. The first-order chi connectivity index (χ1) is 13.5. The molecule has 8 heteroatoms. The van der Waals surface area contributed by atoms with E-state index in [-0.39, 0.29) is 29.8 Å². The van der Waals surface area contributed by atoms with E-state index in [1.54, 1.807) is 22.8 Å². The Labute approximate surface area is 166 Å². The van der Waals surface area contributed by atoms with Gasteiger partial charge >= 0.3 is 0 Å². The van der Waals surface area contributed by atoms with Crippen LogP contribution >= 0.6 is 11.8 Å². The molecule has 7 nitrogen and oxygen atoms in total. The molecule has 0 saturated heterocycles. The second-order valence-electron chi connectivity index (χ2n) is 6.21. The van der Waals surface area contributed by atoms with Crippen molar-refractivity contribution in [3.63, 3.8) is 0 Å². The summed E-state index contributed by atoms with van der Waals surface area (Å²) in [6, 6.07) is 16.5. The van der Waals surface area contributed by atoms with Gasteiger partial charge in [0.15, 0.2) is 5.16 Å². The minimum Gasteiger partial charge on any atom is -0.368 e. The van der Waals surface area contributed by atoms with Crippen LogP contribution in [0.1, 0.15) is 18.5 Å². The van der Waals surface area contributed by atoms with E-state index in [0.29, 0.717) is 16.1 Å². The number of aromatic nitrogens is 2. The van der Waals surface area contributed by atoms with Crippen molar-refractivity contribution in [3.8, 4) is 0 Å². The van der Waals surface area contributed by atoms with Crippen LogP contribution in [0.15, 0.2) is 64.5 Å². The van der Waals surface area contributed by atoms with Crippen LogP contribution in [0.4, 0.5) is 0 Å². The van der Waals surface area contributed by atoms with Crippen molar-refractivity contribution in [1.29, 1.82) is 0 Å². The lowest BCUT2D eigenvalue weighted by Crippen LogP contribution is -2.34. The Morgan fingerprint density at radius 3 is 2.54 bits per heavy atom. The molecule has 1 aromatic heterocycles. The predicted molar refractivity (Wildman–Crippen MR) is 109 cm³/mol. The fourth-order valence-electron chi connectivity index (χ4n) is 2.82. The first kappa shape index (κ1) is 19.6. The van der Waals surface area contributed by atoms with Gasteiger partial charge in [-0.3, -0.25) is 19.0 Å². The minimum absolute atomic E-state index is 0.0135. The number of nitrogens with two attached hydrogens (primary N) is 1. The van der Waals surface area contributed by atoms with Gasteiger partial charge in [-0.05, 0) is 24.6 Å². The summed E-state index contributed by atoms with van der Waals surface area (Å²) in [5.41, 5.74) is 6.41. The average molecular weight is 396 g/mol. The van der Waals surface area contributed by atoms with Crippen molar-refractivity contribution in [3.05, 3.63) is 70.5 Å². The first-order valence-electron chi connectivity index (χ1n) is 8.71. The Kier molecular flexibility index (Phi) is 6.10. The standard InChI is InChI=1S/C20H20N4O3S/c1-13(14-7-3-2-4-8-14)24-19(27)15-9-5-6-10-16(15)23-20(24)28-12-18(26)22-11-17(21)25/h2-10,13H,11-12H2,1H3,(H2,21,25)(H,22,26)/t13-/m0/s1. The summed E-state index contributed by atoms with van der Waals surface area (Å²) in [5, 5.41) is 3.40. The third kappa shape index (κ3) is 4.40. The molecular weight excluding hydrogens is 376 g/mol. The molecule has 3 rings (SSSR count). The number of hydrogen-bond acceptors (Lipinski definition) is 5. The first-order valence-corrected chi connectivity index (χ1v) is 9.70. The maximum atomic E-state index is 13.2. The normalized spacial score (nSPS) is 11.9. The molecule has 0 aliphatic rings. The number of carbonyl (C=O) groups excluding carboxylic acids is 2. The van der Waals surface area contributed by atoms with Gasteiger partial charge in [-0.1, -0.05) is 54.2 Å². The molecule has 0 saturated carbocycles. The molecule has 0 spiro atoms. The van der Waals surface area contributed by atoms with Gasteiger partial charge in [0.25, 0.3) is 5.56 Å². The van der Waals surface area contributed by atoms with Crippen molar-refractivity contribution < 1.29 is 9.59 Å². The molecule has 2 amide bonds. The zero-order valence-corrected chi connectivity index (χ0v) is 16.1. The summed E-state index contributed by atoms with van der Waals surface area (Å²) >= 11 is 1.15. The Balaban J connectivity index is 1.99. The molecule has 0 aliphatic carbocycles. The number of hydrogen-bond donors (Lipinski definition) is 2. The number of para-hydroxylation sites is 1. The van der Waals surface area contributed by atoms with Gasteiger partial charge in [0, 0.05) is 0 Å². The van der Waals surface area contributed by atoms with E-state index in [2.05, 4.69) is 10.3 Å². The molecule has 28 heavy (non-hydrogen) atoms. The van der Waals surface area contributed by atoms with E-state index >= 15 is 0 Å². The van der Waals surface area contributed by atoms with Crippen molar-refractivity contribution in [1.82, 2.24) is 14.9 Å². The van der Waals surface area contributed by atoms with E-state index in [1.165, 1.54) is 0 Å². The fourth-order valence-corrected chi connectivity index (χ4v) is 3.72. The van der Waals surface area contributed by atoms with E-state index in [0.717, 1.165) is 17.3 Å². The number of benzene rings is 2. The zero-order valence-electron chi connectivity index (χ0n) is 15.3. The van der Waals surface area contributed by atoms with Gasteiger partial charge in [-0.25, -0.2) is 4.98 Å². The fraction of sp³-hybridized carbons (Fsp3) is 0.200. The maximum Gasteiger partial charge on any atom is 0.262 e. The highest BCUT2D eigenvalue weighted by atomic mass is 32.2. The van der Waals surface area contributed by atoms with Crippen molar-refractivity contribution in [2.75, 3.05) is 12.3 Å². The highest BCUT2D eigenvalue weighted by molar-refractivity contribution is 7.99. The van der Waals surface area contributed by atoms with Gasteiger partial charge in [-0.15, -0.1) is 0 Å². The summed E-state index contributed by atoms with van der Waals surface area (Å²) in [6.45, 7) is 1.70. The maximum absolute atomic E-state index is 13.2. The third-order valence-corrected chi connectivity index (χ3v) is 5.19. The number of rotatable bonds is 7. The van der Waals surface area contributed by atoms with Crippen LogP contribution < -0.4 is 16.6 Å². The molecule has 0 aliphatic heterocycles. The minimum atomic E-state index is -0.614. The molecule has 2 aromatic carbocycles. The van der Waals surface area contributed by atoms with E-state index in [1.807, 2.05) is 43.3 Å². The van der Waals surface area contributed by atoms with Gasteiger partial charge in [-0.2, -0.15) is 0 Å². The quantitative estimate of drug-likeness (QED) is 0.467. The summed E-state index contributed by atoms with van der Waals surface area (Å²) < 4.78 is 1.60. The Bertz CT molecular complexity index is 1070. The SMILES string of the molecule is C[C@@H](c1ccccc1)n1c(SCC(=O)NCC(N)=O)nc2ccccc2c1=O. The highest BCUT2D eigenvalue weighted by Gasteiger charge is 2.18. The number of fused-ring (bicyclic) bond motifs is 1. The largest absolute Gasteiger partial charge is 0.368 e. The average Bonchev–Trinajstić information content (AvgIpc) is 2.71. The Morgan fingerprint density at radius 1 is 1.14 bits per heavy atom. The van der Waals surface area contributed by atoms with Crippen LogP contribution in [0.5, 0.6) is 0 Å². The molecule has 3 aromatic rings. The number of nitrogens with zero attached hydrogens (tertiary/aromatic N) is 2. The molecule has 3 N–H and O–H groups in total. The van der Waals surface area contributed by atoms with Crippen LogP contribution in [0.25, 0.3) is 10.9 Å². The van der Waals surface area contributed by atoms with Crippen molar-refractivity contribution in [2.45, 2.75) is 18.1 Å². The van der Waals surface area contributed by atoms with Crippen molar-refractivity contribution in [2.24, 2.45) is 5.73 Å². The predicted octanol–water partition coefficient (Wildman–Crippen LogP) is 1.70. The third-order valence-electron chi connectivity index (χ3n) is 4.24. The molecule has 1 heterocycles. The second-order valence-corrected chi connectivity index (χ2v) is 7.15. The summed E-state index contributed by atoms with van der Waals surface area (Å²) in [4.78, 5) is 40.6. The monoisotopic (exact) mass is 396 g/mol. The van der Waals surface area contributed by atoms with Gasteiger partial charge in [0.05, 0.1) is 29.2 Å². The molecular formula is C20H20N4O3S. The Morgan fingerprint density at radius 2 is 1.82 bits per heavy atom. The van der Waals surface area contributed by atoms with Gasteiger partial charge in [0.2, 0.25) is 11.8 Å². The zero-order chi connectivity index (χ0) is 20.1. The molecule has 0 fully saturated rings. The molecule has 0 radical (unpaired) electrons. The van der Waals surface area contributed by atoms with E-state index in [9.17, 15) is 14.4 Å². The summed E-state index contributed by atoms with van der Waals surface area (Å²) in [5.74, 6) is -0.957. The van der Waals surface area contributed by atoms with Crippen LogP contribution in [-0.4, -0.2) is 33.7 Å². The van der Waals surface area contributed by atoms with Crippen LogP contribution in [0.2, 0.25) is 0 Å². The molecule has 144 valence electrons. The van der Waals surface area contributed by atoms with Gasteiger partial charge in [0.1, 0.15) is 0 Å². The summed E-state index contributed by atoms with van der Waals surface area (Å²) in [7, 11) is 0. The van der Waals surface area contributed by atoms with E-state index < -0.39 is 5.91 Å². The highest BCUT2D eigenvalue weighted by Crippen LogP contribution is 2.24. The topological polar surface area (TPSA) is 107 Å². The lowest BCUT2D eigenvalue weighted by molar-refractivity contribution is -0.123. The number of nitrogens with one attached hydrogen (secondary N) is 1. The van der Waals surface area contributed by atoms with Crippen LogP contribution in [-0.2, 0) is 9.59 Å². The smallest absolute Gasteiger partial charge is 0.262 e. The van der Waals surface area contributed by atoms with E-state index in [4.69, 9.17) is 5.73 Å². The number of primary amides is 1. The lowest BCUT2D eigenvalue weighted by atomic mass is 10.1. The Hall–Kier alpha value is -3.13.